The Morgan fingerprint density at radius 1 is 1.41 bits per heavy atom. The van der Waals surface area contributed by atoms with E-state index < -0.39 is 11.7 Å². The largest absolute Gasteiger partial charge is 0.379 e. The number of rotatable bonds is 6. The van der Waals surface area contributed by atoms with Crippen molar-refractivity contribution in [3.63, 3.8) is 0 Å². The molecule has 0 unspecified atom stereocenters. The number of halogens is 3. The highest BCUT2D eigenvalue weighted by atomic mass is 79.9. The third-order valence-corrected chi connectivity index (χ3v) is 2.89. The lowest BCUT2D eigenvalue weighted by atomic mass is 10.2. The van der Waals surface area contributed by atoms with Crippen LogP contribution in [0.4, 0.5) is 4.39 Å². The summed E-state index contributed by atoms with van der Waals surface area (Å²) < 4.78 is 19.0. The zero-order valence-corrected chi connectivity index (χ0v) is 12.2. The predicted octanol–water partition coefficient (Wildman–Crippen LogP) is 2.73. The fourth-order valence-electron chi connectivity index (χ4n) is 1.17. The zero-order valence-electron chi connectivity index (χ0n) is 9.01. The first-order valence-corrected chi connectivity index (χ1v) is 6.94. The van der Waals surface area contributed by atoms with E-state index in [2.05, 4.69) is 37.2 Å². The standard InChI is InChI=1S/C11H12Br2FNO2/c12-4-6-17-7-5-15-11(16)8-2-1-3-9(13)10(8)14/h1-3H,4-7H2,(H,15,16). The van der Waals surface area contributed by atoms with Crippen LogP contribution in [-0.2, 0) is 4.74 Å². The summed E-state index contributed by atoms with van der Waals surface area (Å²) in [5.41, 5.74) is 0.0277. The molecule has 1 N–H and O–H groups in total. The summed E-state index contributed by atoms with van der Waals surface area (Å²) in [6.07, 6.45) is 0. The number of nitrogens with one attached hydrogen (secondary N) is 1. The highest BCUT2D eigenvalue weighted by Gasteiger charge is 2.12. The van der Waals surface area contributed by atoms with Crippen LogP contribution in [0.15, 0.2) is 22.7 Å². The van der Waals surface area contributed by atoms with Crippen LogP contribution in [-0.4, -0.2) is 31.0 Å². The molecule has 1 aromatic rings. The molecule has 0 saturated carbocycles. The Morgan fingerprint density at radius 2 is 2.18 bits per heavy atom. The van der Waals surface area contributed by atoms with Gasteiger partial charge in [-0.3, -0.25) is 4.79 Å². The maximum atomic E-state index is 13.5. The average Bonchev–Trinajstić information content (AvgIpc) is 2.32. The van der Waals surface area contributed by atoms with Crippen molar-refractivity contribution >= 4 is 37.8 Å². The van der Waals surface area contributed by atoms with Crippen LogP contribution >= 0.6 is 31.9 Å². The van der Waals surface area contributed by atoms with Gasteiger partial charge in [0.15, 0.2) is 0 Å². The molecule has 0 heterocycles. The minimum Gasteiger partial charge on any atom is -0.379 e. The fourth-order valence-corrected chi connectivity index (χ4v) is 1.76. The van der Waals surface area contributed by atoms with E-state index in [1.165, 1.54) is 6.07 Å². The molecular weight excluding hydrogens is 357 g/mol. The highest BCUT2D eigenvalue weighted by Crippen LogP contribution is 2.18. The summed E-state index contributed by atoms with van der Waals surface area (Å²) in [4.78, 5) is 11.6. The molecule has 0 fully saturated rings. The minimum atomic E-state index is -0.550. The van der Waals surface area contributed by atoms with Gasteiger partial charge in [0.05, 0.1) is 23.2 Å². The summed E-state index contributed by atoms with van der Waals surface area (Å²) in [6, 6.07) is 4.60. The van der Waals surface area contributed by atoms with Gasteiger partial charge in [-0.05, 0) is 28.1 Å². The number of alkyl halides is 1. The van der Waals surface area contributed by atoms with E-state index in [1.54, 1.807) is 12.1 Å². The van der Waals surface area contributed by atoms with Gasteiger partial charge in [-0.15, -0.1) is 0 Å². The Balaban J connectivity index is 2.44. The molecule has 94 valence electrons. The molecule has 0 saturated heterocycles. The zero-order chi connectivity index (χ0) is 12.7. The smallest absolute Gasteiger partial charge is 0.254 e. The van der Waals surface area contributed by atoms with Crippen LogP contribution in [0.1, 0.15) is 10.4 Å². The van der Waals surface area contributed by atoms with E-state index in [1.807, 2.05) is 0 Å². The second-order valence-corrected chi connectivity index (χ2v) is 4.81. The summed E-state index contributed by atoms with van der Waals surface area (Å²) in [6.45, 7) is 1.35. The molecule has 0 aliphatic carbocycles. The normalized spacial score (nSPS) is 10.3. The van der Waals surface area contributed by atoms with E-state index in [9.17, 15) is 9.18 Å². The third-order valence-electron chi connectivity index (χ3n) is 1.95. The van der Waals surface area contributed by atoms with Gasteiger partial charge in [-0.1, -0.05) is 22.0 Å². The molecule has 6 heteroatoms. The molecule has 0 aromatic heterocycles. The molecule has 17 heavy (non-hydrogen) atoms. The number of carbonyl (C=O) groups is 1. The number of carbonyl (C=O) groups excluding carboxylic acids is 1. The first-order valence-electron chi connectivity index (χ1n) is 5.02. The molecule has 1 aromatic carbocycles. The Bertz CT molecular complexity index is 388. The van der Waals surface area contributed by atoms with Gasteiger partial charge < -0.3 is 10.1 Å². The van der Waals surface area contributed by atoms with Crippen LogP contribution in [0.2, 0.25) is 0 Å². The first kappa shape index (κ1) is 14.6. The molecule has 0 atom stereocenters. The van der Waals surface area contributed by atoms with Gasteiger partial charge in [0, 0.05) is 11.9 Å². The van der Waals surface area contributed by atoms with Crippen LogP contribution < -0.4 is 5.32 Å². The molecule has 0 spiro atoms. The van der Waals surface area contributed by atoms with Crippen molar-refractivity contribution in [1.29, 1.82) is 0 Å². The van der Waals surface area contributed by atoms with Crippen molar-refractivity contribution in [2.24, 2.45) is 0 Å². The highest BCUT2D eigenvalue weighted by molar-refractivity contribution is 9.10. The number of hydrogen-bond donors (Lipinski definition) is 1. The van der Waals surface area contributed by atoms with Crippen LogP contribution in [0.3, 0.4) is 0 Å². The number of hydrogen-bond acceptors (Lipinski definition) is 2. The molecular formula is C11H12Br2FNO2. The molecule has 1 rings (SSSR count). The quantitative estimate of drug-likeness (QED) is 0.619. The van der Waals surface area contributed by atoms with E-state index in [0.29, 0.717) is 19.8 Å². The predicted molar refractivity (Wildman–Crippen MR) is 71.0 cm³/mol. The van der Waals surface area contributed by atoms with Crippen LogP contribution in [0, 0.1) is 5.82 Å². The number of ether oxygens (including phenoxy) is 1. The minimum absolute atomic E-state index is 0.0277. The molecule has 1 amide bonds. The topological polar surface area (TPSA) is 38.3 Å². The van der Waals surface area contributed by atoms with Gasteiger partial charge in [-0.2, -0.15) is 0 Å². The summed E-state index contributed by atoms with van der Waals surface area (Å²) >= 11 is 6.25. The van der Waals surface area contributed by atoms with Gasteiger partial charge in [0.25, 0.3) is 5.91 Å². The molecule has 0 radical (unpaired) electrons. The average molecular weight is 369 g/mol. The van der Waals surface area contributed by atoms with Crippen molar-refractivity contribution in [3.8, 4) is 0 Å². The maximum Gasteiger partial charge on any atom is 0.254 e. The number of amides is 1. The van der Waals surface area contributed by atoms with Crippen molar-refractivity contribution in [1.82, 2.24) is 5.32 Å². The van der Waals surface area contributed by atoms with Crippen molar-refractivity contribution < 1.29 is 13.9 Å². The monoisotopic (exact) mass is 367 g/mol. The van der Waals surface area contributed by atoms with E-state index in [-0.39, 0.29) is 10.0 Å². The van der Waals surface area contributed by atoms with Crippen LogP contribution in [0.25, 0.3) is 0 Å². The second kappa shape index (κ2) is 7.79. The van der Waals surface area contributed by atoms with E-state index in [4.69, 9.17) is 4.74 Å². The Labute approximate surface area is 116 Å². The van der Waals surface area contributed by atoms with E-state index in [0.717, 1.165) is 5.33 Å². The SMILES string of the molecule is O=C(NCCOCCBr)c1cccc(Br)c1F. The molecule has 0 aliphatic rings. The summed E-state index contributed by atoms with van der Waals surface area (Å²) in [7, 11) is 0. The van der Waals surface area contributed by atoms with Gasteiger partial charge in [0.1, 0.15) is 5.82 Å². The van der Waals surface area contributed by atoms with Crippen molar-refractivity contribution in [2.75, 3.05) is 25.1 Å². The Morgan fingerprint density at radius 3 is 2.88 bits per heavy atom. The molecule has 0 bridgehead atoms. The number of benzene rings is 1. The van der Waals surface area contributed by atoms with Crippen LogP contribution in [0.5, 0.6) is 0 Å². The fraction of sp³-hybridized carbons (Fsp3) is 0.364. The Kier molecular flexibility index (Phi) is 6.69. The molecule has 0 aliphatic heterocycles. The Hall–Kier alpha value is -0.460. The van der Waals surface area contributed by atoms with Gasteiger partial charge >= 0.3 is 0 Å². The lowest BCUT2D eigenvalue weighted by molar-refractivity contribution is 0.0920. The maximum absolute atomic E-state index is 13.5. The van der Waals surface area contributed by atoms with Crippen molar-refractivity contribution in [2.45, 2.75) is 0 Å². The van der Waals surface area contributed by atoms with Gasteiger partial charge in [0.2, 0.25) is 0 Å². The lowest BCUT2D eigenvalue weighted by Crippen LogP contribution is -2.28. The molecule has 3 nitrogen and oxygen atoms in total. The first-order chi connectivity index (χ1) is 8.16. The summed E-state index contributed by atoms with van der Waals surface area (Å²) in [5.74, 6) is -0.988. The van der Waals surface area contributed by atoms with Gasteiger partial charge in [-0.25, -0.2) is 4.39 Å². The summed E-state index contributed by atoms with van der Waals surface area (Å²) in [5, 5.41) is 3.34. The lowest BCUT2D eigenvalue weighted by Gasteiger charge is -2.07. The third kappa shape index (κ3) is 4.73. The van der Waals surface area contributed by atoms with E-state index >= 15 is 0 Å². The second-order valence-electron chi connectivity index (χ2n) is 3.16. The van der Waals surface area contributed by atoms with Crippen molar-refractivity contribution in [3.05, 3.63) is 34.1 Å².